The molecule has 0 aliphatic carbocycles. The average molecular weight is 425 g/mol. The summed E-state index contributed by atoms with van der Waals surface area (Å²) in [5, 5.41) is 2.94. The van der Waals surface area contributed by atoms with Crippen LogP contribution in [-0.4, -0.2) is 23.0 Å². The smallest absolute Gasteiger partial charge is 0.255 e. The number of nitrogens with zero attached hydrogens (tertiary/aromatic N) is 2. The van der Waals surface area contributed by atoms with E-state index in [1.807, 2.05) is 56.3 Å². The standard InChI is InChI=1S/C26H23N3O3/c1-17-7-8-21(15-18(17)2)28-26(30)20-6-4-5-19(16-20)25-27-14-13-24(29-25)32-23-11-9-22(31-3)10-12-23/h4-16H,1-3H3,(H,28,30). The molecule has 0 saturated heterocycles. The molecule has 0 unspecified atom stereocenters. The summed E-state index contributed by atoms with van der Waals surface area (Å²) in [4.78, 5) is 21.6. The third-order valence-electron chi connectivity index (χ3n) is 5.06. The largest absolute Gasteiger partial charge is 0.497 e. The number of hydrogen-bond donors (Lipinski definition) is 1. The molecule has 4 aromatic rings. The molecule has 0 spiro atoms. The van der Waals surface area contributed by atoms with Crippen molar-refractivity contribution in [3.05, 3.63) is 95.7 Å². The van der Waals surface area contributed by atoms with Crippen LogP contribution in [0.4, 0.5) is 5.69 Å². The number of ether oxygens (including phenoxy) is 2. The third kappa shape index (κ3) is 4.92. The summed E-state index contributed by atoms with van der Waals surface area (Å²) in [6, 6.07) is 22.0. The number of carbonyl (C=O) groups is 1. The number of nitrogens with one attached hydrogen (secondary N) is 1. The number of amides is 1. The molecule has 6 heteroatoms. The number of methoxy groups -OCH3 is 1. The number of rotatable bonds is 6. The van der Waals surface area contributed by atoms with Gasteiger partial charge in [-0.15, -0.1) is 0 Å². The predicted molar refractivity (Wildman–Crippen MR) is 124 cm³/mol. The maximum absolute atomic E-state index is 12.8. The predicted octanol–water partition coefficient (Wildman–Crippen LogP) is 5.81. The molecule has 0 aliphatic rings. The highest BCUT2D eigenvalue weighted by molar-refractivity contribution is 6.04. The second-order valence-corrected chi connectivity index (χ2v) is 7.33. The Morgan fingerprint density at radius 1 is 0.875 bits per heavy atom. The van der Waals surface area contributed by atoms with Crippen LogP contribution in [0.25, 0.3) is 11.4 Å². The molecule has 0 aliphatic heterocycles. The Kier molecular flexibility index (Phi) is 6.12. The van der Waals surface area contributed by atoms with Gasteiger partial charge in [-0.2, -0.15) is 4.98 Å². The van der Waals surface area contributed by atoms with E-state index in [2.05, 4.69) is 15.3 Å². The molecular formula is C26H23N3O3. The van der Waals surface area contributed by atoms with E-state index in [1.54, 1.807) is 43.6 Å². The SMILES string of the molecule is COc1ccc(Oc2ccnc(-c3cccc(C(=O)Nc4ccc(C)c(C)c4)c3)n2)cc1. The van der Waals surface area contributed by atoms with Crippen LogP contribution in [0.15, 0.2) is 79.0 Å². The quantitative estimate of drug-likeness (QED) is 0.422. The summed E-state index contributed by atoms with van der Waals surface area (Å²) >= 11 is 0. The second kappa shape index (κ2) is 9.31. The number of carbonyl (C=O) groups excluding carboxylic acids is 1. The lowest BCUT2D eigenvalue weighted by atomic mass is 10.1. The summed E-state index contributed by atoms with van der Waals surface area (Å²) in [5.41, 5.74) is 4.30. The summed E-state index contributed by atoms with van der Waals surface area (Å²) in [6.07, 6.45) is 1.63. The molecule has 0 fully saturated rings. The molecule has 0 atom stereocenters. The second-order valence-electron chi connectivity index (χ2n) is 7.33. The van der Waals surface area contributed by atoms with Crippen molar-refractivity contribution in [2.75, 3.05) is 12.4 Å². The number of benzene rings is 3. The summed E-state index contributed by atoms with van der Waals surface area (Å²) in [7, 11) is 1.61. The summed E-state index contributed by atoms with van der Waals surface area (Å²) in [5.74, 6) is 2.07. The van der Waals surface area contributed by atoms with Gasteiger partial charge in [0.05, 0.1) is 7.11 Å². The molecule has 6 nitrogen and oxygen atoms in total. The van der Waals surface area contributed by atoms with Crippen molar-refractivity contribution < 1.29 is 14.3 Å². The van der Waals surface area contributed by atoms with Gasteiger partial charge in [-0.25, -0.2) is 4.98 Å². The van der Waals surface area contributed by atoms with E-state index < -0.39 is 0 Å². The van der Waals surface area contributed by atoms with Crippen molar-refractivity contribution in [3.63, 3.8) is 0 Å². The van der Waals surface area contributed by atoms with Crippen LogP contribution < -0.4 is 14.8 Å². The van der Waals surface area contributed by atoms with Gasteiger partial charge < -0.3 is 14.8 Å². The van der Waals surface area contributed by atoms with Crippen molar-refractivity contribution in [1.29, 1.82) is 0 Å². The molecule has 32 heavy (non-hydrogen) atoms. The van der Waals surface area contributed by atoms with Crippen LogP contribution in [0.1, 0.15) is 21.5 Å². The first-order chi connectivity index (χ1) is 15.5. The number of aryl methyl sites for hydroxylation is 2. The molecule has 4 rings (SSSR count). The van der Waals surface area contributed by atoms with Crippen molar-refractivity contribution >= 4 is 11.6 Å². The van der Waals surface area contributed by atoms with Crippen molar-refractivity contribution in [3.8, 4) is 28.8 Å². The Balaban J connectivity index is 1.52. The summed E-state index contributed by atoms with van der Waals surface area (Å²) in [6.45, 7) is 4.06. The molecular weight excluding hydrogens is 402 g/mol. The van der Waals surface area contributed by atoms with E-state index >= 15 is 0 Å². The van der Waals surface area contributed by atoms with Crippen molar-refractivity contribution in [2.24, 2.45) is 0 Å². The average Bonchev–Trinajstić information content (AvgIpc) is 2.82. The number of anilines is 1. The van der Waals surface area contributed by atoms with Gasteiger partial charge in [0.25, 0.3) is 5.91 Å². The van der Waals surface area contributed by atoms with Crippen molar-refractivity contribution in [2.45, 2.75) is 13.8 Å². The zero-order valence-electron chi connectivity index (χ0n) is 18.1. The minimum absolute atomic E-state index is 0.194. The monoisotopic (exact) mass is 425 g/mol. The fraction of sp³-hybridized carbons (Fsp3) is 0.115. The molecule has 1 aromatic heterocycles. The fourth-order valence-electron chi connectivity index (χ4n) is 3.12. The van der Waals surface area contributed by atoms with Crippen LogP contribution in [-0.2, 0) is 0 Å². The van der Waals surface area contributed by atoms with Gasteiger partial charge in [0, 0.05) is 29.1 Å². The van der Waals surface area contributed by atoms with E-state index in [-0.39, 0.29) is 5.91 Å². The normalized spacial score (nSPS) is 10.5. The molecule has 0 saturated carbocycles. The van der Waals surface area contributed by atoms with E-state index in [9.17, 15) is 4.79 Å². The van der Waals surface area contributed by atoms with Gasteiger partial charge in [-0.1, -0.05) is 18.2 Å². The van der Waals surface area contributed by atoms with E-state index in [4.69, 9.17) is 9.47 Å². The van der Waals surface area contributed by atoms with Gasteiger partial charge in [0.15, 0.2) is 5.82 Å². The van der Waals surface area contributed by atoms with Gasteiger partial charge >= 0.3 is 0 Å². The molecule has 0 bridgehead atoms. The lowest BCUT2D eigenvalue weighted by molar-refractivity contribution is 0.102. The zero-order chi connectivity index (χ0) is 22.5. The highest BCUT2D eigenvalue weighted by Gasteiger charge is 2.11. The van der Waals surface area contributed by atoms with E-state index in [1.165, 1.54) is 5.56 Å². The third-order valence-corrected chi connectivity index (χ3v) is 5.06. The van der Waals surface area contributed by atoms with Crippen LogP contribution in [0.3, 0.4) is 0 Å². The van der Waals surface area contributed by atoms with Gasteiger partial charge in [-0.05, 0) is 73.5 Å². The Bertz CT molecular complexity index is 1250. The first-order valence-electron chi connectivity index (χ1n) is 10.2. The van der Waals surface area contributed by atoms with Crippen molar-refractivity contribution in [1.82, 2.24) is 9.97 Å². The molecule has 1 amide bonds. The van der Waals surface area contributed by atoms with Crippen LogP contribution in [0, 0.1) is 13.8 Å². The molecule has 160 valence electrons. The number of hydrogen-bond acceptors (Lipinski definition) is 5. The molecule has 0 radical (unpaired) electrons. The van der Waals surface area contributed by atoms with Crippen LogP contribution >= 0.6 is 0 Å². The Hall–Kier alpha value is -4.19. The molecule has 1 heterocycles. The Morgan fingerprint density at radius 2 is 1.66 bits per heavy atom. The fourth-order valence-corrected chi connectivity index (χ4v) is 3.12. The lowest BCUT2D eigenvalue weighted by Gasteiger charge is -2.09. The van der Waals surface area contributed by atoms with Crippen LogP contribution in [0.5, 0.6) is 17.4 Å². The minimum Gasteiger partial charge on any atom is -0.497 e. The Morgan fingerprint density at radius 3 is 2.41 bits per heavy atom. The van der Waals surface area contributed by atoms with E-state index in [0.717, 1.165) is 22.6 Å². The molecule has 3 aromatic carbocycles. The maximum atomic E-state index is 12.8. The maximum Gasteiger partial charge on any atom is 0.255 e. The Labute approximate surface area is 186 Å². The number of aromatic nitrogens is 2. The van der Waals surface area contributed by atoms with Crippen LogP contribution in [0.2, 0.25) is 0 Å². The highest BCUT2D eigenvalue weighted by atomic mass is 16.5. The molecule has 1 N–H and O–H groups in total. The zero-order valence-corrected chi connectivity index (χ0v) is 18.1. The first-order valence-corrected chi connectivity index (χ1v) is 10.2. The summed E-state index contributed by atoms with van der Waals surface area (Å²) < 4.78 is 11.0. The minimum atomic E-state index is -0.194. The first kappa shape index (κ1) is 21.1. The van der Waals surface area contributed by atoms with Gasteiger partial charge in [0.1, 0.15) is 11.5 Å². The van der Waals surface area contributed by atoms with Gasteiger partial charge in [-0.3, -0.25) is 4.79 Å². The highest BCUT2D eigenvalue weighted by Crippen LogP contribution is 2.25. The van der Waals surface area contributed by atoms with Gasteiger partial charge in [0.2, 0.25) is 5.88 Å². The topological polar surface area (TPSA) is 73.3 Å². The lowest BCUT2D eigenvalue weighted by Crippen LogP contribution is -2.12. The van der Waals surface area contributed by atoms with E-state index in [0.29, 0.717) is 23.0 Å².